The molecule has 0 saturated heterocycles. The highest BCUT2D eigenvalue weighted by atomic mass is 16.4. The first-order valence-electron chi connectivity index (χ1n) is 5.40. The van der Waals surface area contributed by atoms with Crippen LogP contribution in [0, 0.1) is 5.41 Å². The predicted molar refractivity (Wildman–Crippen MR) is 61.9 cm³/mol. The van der Waals surface area contributed by atoms with Gasteiger partial charge in [-0.25, -0.2) is 0 Å². The zero-order chi connectivity index (χ0) is 12.5. The quantitative estimate of drug-likeness (QED) is 0.861. The second-order valence-electron chi connectivity index (χ2n) is 4.95. The summed E-state index contributed by atoms with van der Waals surface area (Å²) in [5, 5.41) is 17.8. The molecule has 0 radical (unpaired) electrons. The summed E-state index contributed by atoms with van der Waals surface area (Å²) in [4.78, 5) is 3.91. The zero-order valence-electron chi connectivity index (χ0n) is 10.1. The van der Waals surface area contributed by atoms with Crippen LogP contribution in [0.5, 0.6) is 0 Å². The Labute approximate surface area is 99.5 Å². The van der Waals surface area contributed by atoms with E-state index in [1.165, 1.54) is 0 Å². The second-order valence-corrected chi connectivity index (χ2v) is 4.95. The lowest BCUT2D eigenvalue weighted by atomic mass is 9.89. The number of aliphatic hydroxyl groups is 1. The second kappa shape index (κ2) is 4.25. The van der Waals surface area contributed by atoms with Crippen LogP contribution < -0.4 is 0 Å². The first-order valence-corrected chi connectivity index (χ1v) is 5.40. The van der Waals surface area contributed by atoms with Gasteiger partial charge in [-0.15, -0.1) is 10.2 Å². The maximum Gasteiger partial charge on any atom is 0.248 e. The Morgan fingerprint density at radius 3 is 2.41 bits per heavy atom. The molecule has 0 aliphatic heterocycles. The van der Waals surface area contributed by atoms with E-state index in [0.29, 0.717) is 5.89 Å². The van der Waals surface area contributed by atoms with Crippen molar-refractivity contribution in [2.45, 2.75) is 26.9 Å². The lowest BCUT2D eigenvalue weighted by molar-refractivity contribution is 0.0391. The molecule has 0 amide bonds. The van der Waals surface area contributed by atoms with Crippen LogP contribution in [0.15, 0.2) is 28.9 Å². The van der Waals surface area contributed by atoms with Crippen LogP contribution in [0.2, 0.25) is 0 Å². The smallest absolute Gasteiger partial charge is 0.248 e. The number of aromatic nitrogens is 3. The van der Waals surface area contributed by atoms with Gasteiger partial charge in [0.05, 0.1) is 0 Å². The molecule has 0 saturated carbocycles. The fourth-order valence-electron chi connectivity index (χ4n) is 1.33. The third-order valence-electron chi connectivity index (χ3n) is 2.42. The lowest BCUT2D eigenvalue weighted by Crippen LogP contribution is -2.18. The van der Waals surface area contributed by atoms with Crippen molar-refractivity contribution in [3.8, 4) is 11.5 Å². The van der Waals surface area contributed by atoms with Crippen molar-refractivity contribution < 1.29 is 9.52 Å². The Morgan fingerprint density at radius 2 is 1.82 bits per heavy atom. The Morgan fingerprint density at radius 1 is 1.18 bits per heavy atom. The summed E-state index contributed by atoms with van der Waals surface area (Å²) in [5.41, 5.74) is 0.460. The molecule has 5 heteroatoms. The Balaban J connectivity index is 2.28. The molecule has 2 aromatic heterocycles. The van der Waals surface area contributed by atoms with Gasteiger partial charge in [-0.2, -0.15) is 0 Å². The zero-order valence-corrected chi connectivity index (χ0v) is 10.1. The molecule has 0 aliphatic carbocycles. The van der Waals surface area contributed by atoms with Crippen molar-refractivity contribution >= 4 is 0 Å². The largest absolute Gasteiger partial charge is 0.418 e. The minimum absolute atomic E-state index is 0.240. The van der Waals surface area contributed by atoms with Crippen LogP contribution >= 0.6 is 0 Å². The molecule has 2 aromatic rings. The highest BCUT2D eigenvalue weighted by molar-refractivity contribution is 5.50. The van der Waals surface area contributed by atoms with Crippen molar-refractivity contribution in [3.05, 3.63) is 30.4 Å². The van der Waals surface area contributed by atoms with E-state index in [2.05, 4.69) is 15.2 Å². The average molecular weight is 233 g/mol. The van der Waals surface area contributed by atoms with Gasteiger partial charge in [0.1, 0.15) is 6.10 Å². The van der Waals surface area contributed by atoms with E-state index in [1.807, 2.05) is 20.8 Å². The summed E-state index contributed by atoms with van der Waals surface area (Å²) >= 11 is 0. The molecule has 0 bridgehead atoms. The van der Waals surface area contributed by atoms with Crippen molar-refractivity contribution in [3.63, 3.8) is 0 Å². The average Bonchev–Trinajstić information content (AvgIpc) is 2.77. The molecule has 17 heavy (non-hydrogen) atoms. The molecular weight excluding hydrogens is 218 g/mol. The summed E-state index contributed by atoms with van der Waals surface area (Å²) in [6.45, 7) is 5.73. The molecule has 0 spiro atoms. The maximum atomic E-state index is 10.0. The van der Waals surface area contributed by atoms with Crippen molar-refractivity contribution in [2.24, 2.45) is 5.41 Å². The normalized spacial score (nSPS) is 13.6. The van der Waals surface area contributed by atoms with E-state index in [4.69, 9.17) is 4.42 Å². The number of aliphatic hydroxyl groups excluding tert-OH is 1. The van der Waals surface area contributed by atoms with Crippen LogP contribution in [0.1, 0.15) is 32.8 Å². The number of pyridine rings is 1. The summed E-state index contributed by atoms with van der Waals surface area (Å²) in [6, 6.07) is 3.56. The Bertz CT molecular complexity index is 488. The van der Waals surface area contributed by atoms with Gasteiger partial charge in [0, 0.05) is 18.0 Å². The Hall–Kier alpha value is -1.75. The topological polar surface area (TPSA) is 72.0 Å². The molecule has 2 heterocycles. The van der Waals surface area contributed by atoms with E-state index in [0.717, 1.165) is 5.56 Å². The molecule has 0 fully saturated rings. The Kier molecular flexibility index (Phi) is 2.93. The fourth-order valence-corrected chi connectivity index (χ4v) is 1.33. The number of hydrogen-bond donors (Lipinski definition) is 1. The van der Waals surface area contributed by atoms with Crippen molar-refractivity contribution in [1.29, 1.82) is 0 Å². The molecular formula is C12H15N3O2. The van der Waals surface area contributed by atoms with Gasteiger partial charge in [0.2, 0.25) is 11.8 Å². The number of hydrogen-bond acceptors (Lipinski definition) is 5. The highest BCUT2D eigenvalue weighted by Gasteiger charge is 2.28. The number of nitrogens with zero attached hydrogens (tertiary/aromatic N) is 3. The minimum Gasteiger partial charge on any atom is -0.418 e. The van der Waals surface area contributed by atoms with E-state index < -0.39 is 6.10 Å². The van der Waals surface area contributed by atoms with Crippen LogP contribution in [-0.2, 0) is 0 Å². The van der Waals surface area contributed by atoms with Gasteiger partial charge in [-0.1, -0.05) is 20.8 Å². The van der Waals surface area contributed by atoms with E-state index >= 15 is 0 Å². The van der Waals surface area contributed by atoms with Crippen molar-refractivity contribution in [1.82, 2.24) is 15.2 Å². The number of rotatable bonds is 2. The third-order valence-corrected chi connectivity index (χ3v) is 2.42. The van der Waals surface area contributed by atoms with Crippen LogP contribution in [0.3, 0.4) is 0 Å². The molecule has 0 aromatic carbocycles. The van der Waals surface area contributed by atoms with Gasteiger partial charge in [0.25, 0.3) is 0 Å². The van der Waals surface area contributed by atoms with Crippen molar-refractivity contribution in [2.75, 3.05) is 0 Å². The lowest BCUT2D eigenvalue weighted by Gasteiger charge is -2.22. The van der Waals surface area contributed by atoms with Gasteiger partial charge < -0.3 is 9.52 Å². The van der Waals surface area contributed by atoms with E-state index in [1.54, 1.807) is 24.5 Å². The summed E-state index contributed by atoms with van der Waals surface area (Å²) in [5.74, 6) is 0.634. The molecule has 1 N–H and O–H groups in total. The summed E-state index contributed by atoms with van der Waals surface area (Å²) in [6.07, 6.45) is 2.53. The van der Waals surface area contributed by atoms with Gasteiger partial charge in [-0.05, 0) is 17.5 Å². The van der Waals surface area contributed by atoms with Crippen LogP contribution in [0.25, 0.3) is 11.5 Å². The van der Waals surface area contributed by atoms with Gasteiger partial charge >= 0.3 is 0 Å². The SMILES string of the molecule is CC(C)(C)[C@@H](O)c1nnc(-c2ccncc2)o1. The first-order chi connectivity index (χ1) is 7.98. The molecule has 2 rings (SSSR count). The molecule has 5 nitrogen and oxygen atoms in total. The summed E-state index contributed by atoms with van der Waals surface area (Å²) in [7, 11) is 0. The molecule has 0 aliphatic rings. The van der Waals surface area contributed by atoms with Crippen LogP contribution in [0.4, 0.5) is 0 Å². The standard InChI is InChI=1S/C12H15N3O2/c1-12(2,3)9(16)11-15-14-10(17-11)8-4-6-13-7-5-8/h4-7,9,16H,1-3H3/t9-/m0/s1. The van der Waals surface area contributed by atoms with Gasteiger partial charge in [-0.3, -0.25) is 4.98 Å². The maximum absolute atomic E-state index is 10.0. The summed E-state index contributed by atoms with van der Waals surface area (Å²) < 4.78 is 5.46. The predicted octanol–water partition coefficient (Wildman–Crippen LogP) is 2.21. The fraction of sp³-hybridized carbons (Fsp3) is 0.417. The van der Waals surface area contributed by atoms with Gasteiger partial charge in [0.15, 0.2) is 0 Å². The monoisotopic (exact) mass is 233 g/mol. The molecule has 0 unspecified atom stereocenters. The molecule has 90 valence electrons. The highest BCUT2D eigenvalue weighted by Crippen LogP contribution is 2.32. The molecule has 1 atom stereocenters. The van der Waals surface area contributed by atoms with E-state index in [9.17, 15) is 5.11 Å². The van der Waals surface area contributed by atoms with Crippen LogP contribution in [-0.4, -0.2) is 20.3 Å². The first kappa shape index (κ1) is 11.7. The van der Waals surface area contributed by atoms with E-state index in [-0.39, 0.29) is 11.3 Å². The third kappa shape index (κ3) is 2.50. The minimum atomic E-state index is -0.773.